The third-order valence-electron chi connectivity index (χ3n) is 5.43. The monoisotopic (exact) mass is 446 g/mol. The van der Waals surface area contributed by atoms with Crippen molar-refractivity contribution in [3.63, 3.8) is 0 Å². The van der Waals surface area contributed by atoms with Gasteiger partial charge in [0.15, 0.2) is 0 Å². The van der Waals surface area contributed by atoms with Crippen molar-refractivity contribution in [2.75, 3.05) is 6.54 Å². The van der Waals surface area contributed by atoms with Crippen LogP contribution < -0.4 is 16.0 Å². The molecule has 2 fully saturated rings. The smallest absolute Gasteiger partial charge is 0.244 e. The molecule has 1 heterocycles. The summed E-state index contributed by atoms with van der Waals surface area (Å²) in [5.74, 6) is -1.64. The first-order chi connectivity index (χ1) is 14.9. The first-order valence-electron chi connectivity index (χ1n) is 10.3. The third kappa shape index (κ3) is 6.79. The molecule has 0 bridgehead atoms. The zero-order valence-corrected chi connectivity index (χ0v) is 17.6. The second kappa shape index (κ2) is 10.4. The van der Waals surface area contributed by atoms with Gasteiger partial charge in [0.1, 0.15) is 17.9 Å². The summed E-state index contributed by atoms with van der Waals surface area (Å²) in [6.45, 7) is 0.566. The van der Waals surface area contributed by atoms with E-state index in [-0.39, 0.29) is 28.8 Å². The van der Waals surface area contributed by atoms with Gasteiger partial charge in [-0.2, -0.15) is 5.26 Å². The molecule has 31 heavy (non-hydrogen) atoms. The van der Waals surface area contributed by atoms with Crippen LogP contribution in [-0.2, 0) is 14.4 Å². The Hall–Kier alpha value is -2.92. The van der Waals surface area contributed by atoms with E-state index in [1.807, 2.05) is 6.07 Å². The number of nitrogens with one attached hydrogen (secondary N) is 3. The summed E-state index contributed by atoms with van der Waals surface area (Å²) in [5.41, 5.74) is 0.196. The second-order valence-corrected chi connectivity index (χ2v) is 8.38. The summed E-state index contributed by atoms with van der Waals surface area (Å²) in [6.07, 6.45) is 5.75. The minimum absolute atomic E-state index is 0.114. The summed E-state index contributed by atoms with van der Waals surface area (Å²) in [7, 11) is 0. The first kappa shape index (κ1) is 22.8. The van der Waals surface area contributed by atoms with E-state index in [9.17, 15) is 24.0 Å². The summed E-state index contributed by atoms with van der Waals surface area (Å²) in [6, 6.07) is 4.50. The Kier molecular flexibility index (Phi) is 7.64. The molecule has 1 aromatic rings. The highest BCUT2D eigenvalue weighted by atomic mass is 35.5. The Morgan fingerprint density at radius 3 is 2.68 bits per heavy atom. The molecule has 3 N–H and O–H groups in total. The Balaban J connectivity index is 1.59. The maximum atomic E-state index is 13.9. The maximum absolute atomic E-state index is 13.9. The molecule has 0 aromatic heterocycles. The van der Waals surface area contributed by atoms with Gasteiger partial charge in [-0.3, -0.25) is 14.4 Å². The third-order valence-corrected chi connectivity index (χ3v) is 5.67. The molecule has 1 aromatic carbocycles. The van der Waals surface area contributed by atoms with E-state index in [0.29, 0.717) is 25.3 Å². The SMILES string of the molecule is N#C[C@H](C[C@@H]1CCNC1=O)NC(=O)[C@H](CC1CC1)NC(=O)/C=C/c1ccc(Cl)cc1F. The van der Waals surface area contributed by atoms with Crippen LogP contribution in [0.5, 0.6) is 0 Å². The van der Waals surface area contributed by atoms with Crippen LogP contribution in [0.1, 0.15) is 37.7 Å². The average molecular weight is 447 g/mol. The zero-order chi connectivity index (χ0) is 22.4. The average Bonchev–Trinajstić information content (AvgIpc) is 3.46. The van der Waals surface area contributed by atoms with E-state index < -0.39 is 29.7 Å². The number of carbonyl (C=O) groups excluding carboxylic acids is 3. The van der Waals surface area contributed by atoms with Crippen LogP contribution in [0.3, 0.4) is 0 Å². The van der Waals surface area contributed by atoms with Crippen LogP contribution in [0.15, 0.2) is 24.3 Å². The molecular weight excluding hydrogens is 423 g/mol. The fourth-order valence-corrected chi connectivity index (χ4v) is 3.67. The van der Waals surface area contributed by atoms with Crippen LogP contribution in [0.4, 0.5) is 4.39 Å². The van der Waals surface area contributed by atoms with Crippen LogP contribution in [0.25, 0.3) is 6.08 Å². The normalized spacial score (nSPS) is 20.0. The van der Waals surface area contributed by atoms with Crippen LogP contribution in [-0.4, -0.2) is 36.3 Å². The zero-order valence-electron chi connectivity index (χ0n) is 16.9. The highest BCUT2D eigenvalue weighted by Gasteiger charge is 2.32. The van der Waals surface area contributed by atoms with Crippen molar-refractivity contribution in [3.05, 3.63) is 40.7 Å². The van der Waals surface area contributed by atoms with Crippen molar-refractivity contribution >= 4 is 35.4 Å². The first-order valence-corrected chi connectivity index (χ1v) is 10.6. The lowest BCUT2D eigenvalue weighted by atomic mass is 9.98. The summed E-state index contributed by atoms with van der Waals surface area (Å²) < 4.78 is 13.9. The Bertz CT molecular complexity index is 926. The maximum Gasteiger partial charge on any atom is 0.244 e. The lowest BCUT2D eigenvalue weighted by Gasteiger charge is -2.20. The molecule has 3 amide bonds. The number of carbonyl (C=O) groups is 3. The molecule has 3 rings (SSSR count). The molecule has 7 nitrogen and oxygen atoms in total. The Morgan fingerprint density at radius 1 is 1.29 bits per heavy atom. The standard InChI is InChI=1S/C22H24ClFN4O3/c23-16-5-3-14(18(24)11-16)4-6-20(29)28-19(9-13-1-2-13)22(31)27-17(12-25)10-15-7-8-26-21(15)30/h3-6,11,13,15,17,19H,1-2,7-10H2,(H,26,30)(H,27,31)(H,28,29)/b6-4+/t15-,17-,19-/m0/s1. The number of nitriles is 1. The van der Waals surface area contributed by atoms with Gasteiger partial charge >= 0.3 is 0 Å². The molecule has 0 unspecified atom stereocenters. The molecule has 1 saturated heterocycles. The van der Waals surface area contributed by atoms with Crippen LogP contribution >= 0.6 is 11.6 Å². The quantitative estimate of drug-likeness (QED) is 0.505. The molecule has 0 spiro atoms. The summed E-state index contributed by atoms with van der Waals surface area (Å²) >= 11 is 5.72. The number of hydrogen-bond donors (Lipinski definition) is 3. The van der Waals surface area contributed by atoms with E-state index in [4.69, 9.17) is 11.6 Å². The molecule has 164 valence electrons. The molecule has 1 aliphatic heterocycles. The highest BCUT2D eigenvalue weighted by Crippen LogP contribution is 2.33. The largest absolute Gasteiger partial charge is 0.356 e. The highest BCUT2D eigenvalue weighted by molar-refractivity contribution is 6.30. The van der Waals surface area contributed by atoms with Crippen molar-refractivity contribution in [2.24, 2.45) is 11.8 Å². The number of halogens is 2. The van der Waals surface area contributed by atoms with Gasteiger partial charge in [-0.25, -0.2) is 4.39 Å². The van der Waals surface area contributed by atoms with E-state index in [0.717, 1.165) is 25.0 Å². The van der Waals surface area contributed by atoms with Crippen molar-refractivity contribution in [3.8, 4) is 6.07 Å². The van der Waals surface area contributed by atoms with Gasteiger partial charge in [-0.05, 0) is 43.4 Å². The topological polar surface area (TPSA) is 111 Å². The van der Waals surface area contributed by atoms with Gasteiger partial charge in [0.05, 0.1) is 6.07 Å². The van der Waals surface area contributed by atoms with E-state index >= 15 is 0 Å². The van der Waals surface area contributed by atoms with Crippen molar-refractivity contribution in [2.45, 2.75) is 44.2 Å². The van der Waals surface area contributed by atoms with Crippen LogP contribution in [0, 0.1) is 29.0 Å². The van der Waals surface area contributed by atoms with Crippen molar-refractivity contribution < 1.29 is 18.8 Å². The van der Waals surface area contributed by atoms with Crippen molar-refractivity contribution in [1.29, 1.82) is 5.26 Å². The number of nitrogens with zero attached hydrogens (tertiary/aromatic N) is 1. The predicted molar refractivity (Wildman–Crippen MR) is 113 cm³/mol. The molecule has 2 aliphatic rings. The number of rotatable bonds is 9. The summed E-state index contributed by atoms with van der Waals surface area (Å²) in [5, 5.41) is 17.7. The van der Waals surface area contributed by atoms with Gasteiger partial charge in [0, 0.05) is 29.1 Å². The molecular formula is C22H24ClFN4O3. The van der Waals surface area contributed by atoms with Gasteiger partial charge in [-0.1, -0.05) is 30.5 Å². The second-order valence-electron chi connectivity index (χ2n) is 7.94. The van der Waals surface area contributed by atoms with E-state index in [1.165, 1.54) is 18.2 Å². The van der Waals surface area contributed by atoms with Gasteiger partial charge in [0.25, 0.3) is 0 Å². The lowest BCUT2D eigenvalue weighted by Crippen LogP contribution is -2.49. The molecule has 0 radical (unpaired) electrons. The lowest BCUT2D eigenvalue weighted by molar-refractivity contribution is -0.128. The minimum Gasteiger partial charge on any atom is -0.356 e. The van der Waals surface area contributed by atoms with Crippen molar-refractivity contribution in [1.82, 2.24) is 16.0 Å². The van der Waals surface area contributed by atoms with Gasteiger partial charge in [-0.15, -0.1) is 0 Å². The minimum atomic E-state index is -0.821. The van der Waals surface area contributed by atoms with Gasteiger partial charge in [0.2, 0.25) is 17.7 Å². The predicted octanol–water partition coefficient (Wildman–Crippen LogP) is 2.31. The van der Waals surface area contributed by atoms with Crippen LogP contribution in [0.2, 0.25) is 5.02 Å². The van der Waals surface area contributed by atoms with Gasteiger partial charge < -0.3 is 16.0 Å². The molecule has 3 atom stereocenters. The van der Waals surface area contributed by atoms with E-state index in [2.05, 4.69) is 16.0 Å². The Labute approximate surface area is 185 Å². The fraction of sp³-hybridized carbons (Fsp3) is 0.455. The number of benzene rings is 1. The molecule has 9 heteroatoms. The molecule has 1 saturated carbocycles. The summed E-state index contributed by atoms with van der Waals surface area (Å²) in [4.78, 5) is 36.8. The Morgan fingerprint density at radius 2 is 2.06 bits per heavy atom. The number of amides is 3. The van der Waals surface area contributed by atoms with E-state index in [1.54, 1.807) is 0 Å². The molecule has 1 aliphatic carbocycles. The fourth-order valence-electron chi connectivity index (χ4n) is 3.51. The number of hydrogen-bond acceptors (Lipinski definition) is 4.